The van der Waals surface area contributed by atoms with Gasteiger partial charge in [-0.25, -0.2) is 0 Å². The van der Waals surface area contributed by atoms with Gasteiger partial charge in [0, 0.05) is 27.3 Å². The second kappa shape index (κ2) is 6.88. The molecule has 1 aliphatic carbocycles. The predicted octanol–water partition coefficient (Wildman–Crippen LogP) is 5.33. The first-order chi connectivity index (χ1) is 9.83. The van der Waals surface area contributed by atoms with Crippen LogP contribution in [-0.4, -0.2) is 6.04 Å². The van der Waals surface area contributed by atoms with Crippen molar-refractivity contribution in [2.45, 2.75) is 44.2 Å². The fraction of sp³-hybridized carbons (Fsp3) is 0.412. The van der Waals surface area contributed by atoms with E-state index in [1.807, 2.05) is 11.3 Å². The Hall–Kier alpha value is -0.640. The maximum absolute atomic E-state index is 3.79. The van der Waals surface area contributed by atoms with E-state index in [-0.39, 0.29) is 0 Å². The van der Waals surface area contributed by atoms with Crippen LogP contribution in [-0.2, 0) is 6.54 Å². The van der Waals surface area contributed by atoms with Crippen LogP contribution in [0.1, 0.15) is 42.0 Å². The zero-order chi connectivity index (χ0) is 13.8. The smallest absolute Gasteiger partial charge is 0.0302 e. The largest absolute Gasteiger partial charge is 0.308 e. The number of benzene rings is 1. The summed E-state index contributed by atoms with van der Waals surface area (Å²) in [7, 11) is 0. The van der Waals surface area contributed by atoms with E-state index < -0.39 is 0 Å². The second-order valence-electron chi connectivity index (χ2n) is 5.52. The zero-order valence-corrected chi connectivity index (χ0v) is 13.9. The van der Waals surface area contributed by atoms with Crippen LogP contribution in [0.3, 0.4) is 0 Å². The molecular weight excluding hydrogens is 330 g/mol. The molecule has 0 bridgehead atoms. The minimum Gasteiger partial charge on any atom is -0.308 e. The van der Waals surface area contributed by atoms with Crippen LogP contribution in [0.25, 0.3) is 0 Å². The molecule has 3 heteroatoms. The first kappa shape index (κ1) is 14.3. The van der Waals surface area contributed by atoms with E-state index in [4.69, 9.17) is 0 Å². The number of thiophene rings is 1. The van der Waals surface area contributed by atoms with Gasteiger partial charge in [0.2, 0.25) is 0 Å². The monoisotopic (exact) mass is 349 g/mol. The summed E-state index contributed by atoms with van der Waals surface area (Å²) in [5, 5.41) is 5.95. The van der Waals surface area contributed by atoms with E-state index in [0.717, 1.165) is 6.54 Å². The van der Waals surface area contributed by atoms with E-state index in [2.05, 4.69) is 63.0 Å². The van der Waals surface area contributed by atoms with Crippen LogP contribution in [0.5, 0.6) is 0 Å². The number of hydrogen-bond acceptors (Lipinski definition) is 2. The molecule has 20 heavy (non-hydrogen) atoms. The Morgan fingerprint density at radius 1 is 1.15 bits per heavy atom. The van der Waals surface area contributed by atoms with Crippen molar-refractivity contribution in [3.05, 3.63) is 56.7 Å². The van der Waals surface area contributed by atoms with Crippen molar-refractivity contribution in [1.82, 2.24) is 5.32 Å². The number of halogens is 1. The molecule has 3 rings (SSSR count). The maximum Gasteiger partial charge on any atom is 0.0302 e. The Bertz CT molecular complexity index is 537. The van der Waals surface area contributed by atoms with Crippen molar-refractivity contribution in [3.8, 4) is 0 Å². The highest BCUT2D eigenvalue weighted by Gasteiger charge is 2.25. The summed E-state index contributed by atoms with van der Waals surface area (Å²) >= 11 is 5.36. The van der Waals surface area contributed by atoms with Crippen LogP contribution < -0.4 is 5.32 Å². The quantitative estimate of drug-likeness (QED) is 0.786. The first-order valence-electron chi connectivity index (χ1n) is 7.34. The molecular formula is C17H20BrNS. The van der Waals surface area contributed by atoms with Gasteiger partial charge in [-0.15, -0.1) is 11.3 Å². The highest BCUT2D eigenvalue weighted by molar-refractivity contribution is 9.10. The highest BCUT2D eigenvalue weighted by Crippen LogP contribution is 2.33. The van der Waals surface area contributed by atoms with E-state index in [0.29, 0.717) is 12.0 Å². The fourth-order valence-electron chi connectivity index (χ4n) is 3.15. The van der Waals surface area contributed by atoms with Crippen LogP contribution >= 0.6 is 27.3 Å². The number of rotatable bonds is 4. The summed E-state index contributed by atoms with van der Waals surface area (Å²) in [6.07, 6.45) is 5.33. The van der Waals surface area contributed by atoms with Crippen LogP contribution in [0, 0.1) is 0 Å². The van der Waals surface area contributed by atoms with Gasteiger partial charge in [0.15, 0.2) is 0 Å². The molecule has 1 aliphatic rings. The number of nitrogens with one attached hydrogen (secondary N) is 1. The van der Waals surface area contributed by atoms with E-state index in [1.165, 1.54) is 40.6 Å². The Balaban J connectivity index is 1.66. The van der Waals surface area contributed by atoms with Gasteiger partial charge in [-0.3, -0.25) is 0 Å². The second-order valence-corrected chi connectivity index (χ2v) is 7.43. The van der Waals surface area contributed by atoms with Crippen molar-refractivity contribution in [1.29, 1.82) is 0 Å². The molecule has 1 N–H and O–H groups in total. The van der Waals surface area contributed by atoms with Gasteiger partial charge >= 0.3 is 0 Å². The molecule has 1 fully saturated rings. The lowest BCUT2D eigenvalue weighted by molar-refractivity contribution is 0.327. The lowest BCUT2D eigenvalue weighted by atomic mass is 9.80. The standard InChI is InChI=1S/C17H20BrNS/c18-14-10-15(20-12-14)11-19-17-9-5-4-8-16(17)13-6-2-1-3-7-13/h1-3,6-7,10,12,16-17,19H,4-5,8-9,11H2. The molecule has 1 heterocycles. The van der Waals surface area contributed by atoms with Crippen molar-refractivity contribution < 1.29 is 0 Å². The summed E-state index contributed by atoms with van der Waals surface area (Å²) in [5.74, 6) is 0.674. The van der Waals surface area contributed by atoms with Gasteiger partial charge in [-0.1, -0.05) is 43.2 Å². The third kappa shape index (κ3) is 3.51. The molecule has 2 aromatic rings. The molecule has 1 aromatic carbocycles. The molecule has 0 amide bonds. The minimum absolute atomic E-state index is 0.618. The number of hydrogen-bond donors (Lipinski definition) is 1. The lowest BCUT2D eigenvalue weighted by Crippen LogP contribution is -2.36. The molecule has 106 valence electrons. The van der Waals surface area contributed by atoms with Gasteiger partial charge in [0.05, 0.1) is 0 Å². The lowest BCUT2D eigenvalue weighted by Gasteiger charge is -2.32. The Morgan fingerprint density at radius 2 is 1.95 bits per heavy atom. The average Bonchev–Trinajstić information content (AvgIpc) is 2.92. The summed E-state index contributed by atoms with van der Waals surface area (Å²) in [5.41, 5.74) is 1.50. The molecule has 0 saturated heterocycles. The van der Waals surface area contributed by atoms with E-state index >= 15 is 0 Å². The zero-order valence-electron chi connectivity index (χ0n) is 11.5. The first-order valence-corrected chi connectivity index (χ1v) is 9.01. The van der Waals surface area contributed by atoms with E-state index in [1.54, 1.807) is 0 Å². The fourth-order valence-corrected chi connectivity index (χ4v) is 4.55. The Morgan fingerprint density at radius 3 is 2.70 bits per heavy atom. The molecule has 1 saturated carbocycles. The van der Waals surface area contributed by atoms with Gasteiger partial charge in [-0.2, -0.15) is 0 Å². The van der Waals surface area contributed by atoms with Crippen molar-refractivity contribution in [2.24, 2.45) is 0 Å². The van der Waals surface area contributed by atoms with Crippen LogP contribution in [0.15, 0.2) is 46.3 Å². The van der Waals surface area contributed by atoms with Crippen molar-refractivity contribution in [2.75, 3.05) is 0 Å². The van der Waals surface area contributed by atoms with Gasteiger partial charge in [0.1, 0.15) is 0 Å². The molecule has 0 aliphatic heterocycles. The summed E-state index contributed by atoms with van der Waals surface area (Å²) in [4.78, 5) is 1.41. The van der Waals surface area contributed by atoms with Gasteiger partial charge < -0.3 is 5.32 Å². The minimum atomic E-state index is 0.618. The molecule has 2 unspecified atom stereocenters. The highest BCUT2D eigenvalue weighted by atomic mass is 79.9. The summed E-state index contributed by atoms with van der Waals surface area (Å²) in [6, 6.07) is 13.8. The molecule has 1 nitrogen and oxygen atoms in total. The average molecular weight is 350 g/mol. The van der Waals surface area contributed by atoms with Crippen molar-refractivity contribution in [3.63, 3.8) is 0 Å². The molecule has 0 spiro atoms. The SMILES string of the molecule is Brc1csc(CNC2CCCCC2c2ccccc2)c1. The molecule has 1 aromatic heterocycles. The maximum atomic E-state index is 3.79. The third-order valence-corrected chi connectivity index (χ3v) is 5.85. The van der Waals surface area contributed by atoms with Gasteiger partial charge in [-0.05, 0) is 46.3 Å². The molecule has 2 atom stereocenters. The van der Waals surface area contributed by atoms with Crippen LogP contribution in [0.4, 0.5) is 0 Å². The Labute approximate surface area is 133 Å². The van der Waals surface area contributed by atoms with E-state index in [9.17, 15) is 0 Å². The van der Waals surface area contributed by atoms with Crippen LogP contribution in [0.2, 0.25) is 0 Å². The normalized spacial score (nSPS) is 22.9. The predicted molar refractivity (Wildman–Crippen MR) is 90.3 cm³/mol. The van der Waals surface area contributed by atoms with Crippen molar-refractivity contribution >= 4 is 27.3 Å². The molecule has 0 radical (unpaired) electrons. The van der Waals surface area contributed by atoms with Gasteiger partial charge in [0.25, 0.3) is 0 Å². The summed E-state index contributed by atoms with van der Waals surface area (Å²) in [6.45, 7) is 0.990. The summed E-state index contributed by atoms with van der Waals surface area (Å²) < 4.78 is 1.20. The topological polar surface area (TPSA) is 12.0 Å². The third-order valence-electron chi connectivity index (χ3n) is 4.15. The Kier molecular flexibility index (Phi) is 4.92.